The zero-order valence-electron chi connectivity index (χ0n) is 18.9. The predicted octanol–water partition coefficient (Wildman–Crippen LogP) is 5.75. The van der Waals surface area contributed by atoms with Crippen molar-refractivity contribution in [1.82, 2.24) is 4.90 Å². The van der Waals surface area contributed by atoms with Crippen molar-refractivity contribution in [3.8, 4) is 0 Å². The zero-order chi connectivity index (χ0) is 22.5. The summed E-state index contributed by atoms with van der Waals surface area (Å²) in [5.74, 6) is -0.846. The van der Waals surface area contributed by atoms with E-state index in [0.717, 1.165) is 50.5 Å². The minimum atomic E-state index is -0.846. The lowest BCUT2D eigenvalue weighted by Gasteiger charge is -2.41. The molecule has 0 amide bonds. The van der Waals surface area contributed by atoms with Crippen LogP contribution in [0, 0.1) is 5.41 Å². The van der Waals surface area contributed by atoms with Crippen LogP contribution in [0.4, 0.5) is 5.69 Å². The summed E-state index contributed by atoms with van der Waals surface area (Å²) in [5, 5.41) is 10.1. The molecule has 4 nitrogen and oxygen atoms in total. The Morgan fingerprint density at radius 3 is 2.69 bits per heavy atom. The molecule has 1 aliphatic carbocycles. The normalized spacial score (nSPS) is 22.6. The lowest BCUT2D eigenvalue weighted by atomic mass is 9.72. The largest absolute Gasteiger partial charge is 0.478 e. The average molecular weight is 451 g/mol. The first-order chi connectivity index (χ1) is 15.3. The number of halogens is 1. The van der Waals surface area contributed by atoms with E-state index in [4.69, 9.17) is 11.6 Å². The molecule has 168 valence electrons. The zero-order valence-corrected chi connectivity index (χ0v) is 19.7. The molecule has 0 bridgehead atoms. The Balaban J connectivity index is 1.35. The van der Waals surface area contributed by atoms with Gasteiger partial charge in [-0.15, -0.1) is 0 Å². The number of hydrogen-bond acceptors (Lipinski definition) is 3. The van der Waals surface area contributed by atoms with E-state index < -0.39 is 5.97 Å². The number of hydrogen-bond donors (Lipinski definition) is 1. The van der Waals surface area contributed by atoms with Gasteiger partial charge in [-0.3, -0.25) is 4.90 Å². The van der Waals surface area contributed by atoms with E-state index in [1.165, 1.54) is 28.8 Å². The molecule has 2 aromatic carbocycles. The monoisotopic (exact) mass is 450 g/mol. The molecule has 3 aliphatic rings. The Morgan fingerprint density at radius 1 is 1.16 bits per heavy atom. The Labute approximate surface area is 195 Å². The van der Waals surface area contributed by atoms with E-state index >= 15 is 0 Å². The quantitative estimate of drug-likeness (QED) is 0.644. The molecule has 0 aromatic heterocycles. The van der Waals surface area contributed by atoms with Crippen LogP contribution in [0.2, 0.25) is 5.02 Å². The topological polar surface area (TPSA) is 43.8 Å². The molecule has 2 heterocycles. The summed E-state index contributed by atoms with van der Waals surface area (Å²) < 4.78 is 0. The fourth-order valence-electron chi connectivity index (χ4n) is 5.80. The molecular weight excluding hydrogens is 420 g/mol. The van der Waals surface area contributed by atoms with E-state index in [1.54, 1.807) is 11.6 Å². The van der Waals surface area contributed by atoms with Gasteiger partial charge in [-0.25, -0.2) is 4.79 Å². The number of piperazine rings is 1. The molecule has 2 aliphatic heterocycles. The fraction of sp³-hybridized carbons (Fsp3) is 0.444. The van der Waals surface area contributed by atoms with E-state index in [2.05, 4.69) is 35.8 Å². The molecule has 1 N–H and O–H groups in total. The second-order valence-electron chi connectivity index (χ2n) is 10.4. The van der Waals surface area contributed by atoms with Crippen LogP contribution in [-0.2, 0) is 6.42 Å². The van der Waals surface area contributed by atoms with Gasteiger partial charge in [-0.2, -0.15) is 0 Å². The van der Waals surface area contributed by atoms with E-state index in [9.17, 15) is 9.90 Å². The van der Waals surface area contributed by atoms with Gasteiger partial charge < -0.3 is 10.0 Å². The van der Waals surface area contributed by atoms with Crippen LogP contribution in [0.15, 0.2) is 48.0 Å². The second-order valence-corrected chi connectivity index (χ2v) is 10.8. The van der Waals surface area contributed by atoms with E-state index in [0.29, 0.717) is 17.0 Å². The van der Waals surface area contributed by atoms with Crippen molar-refractivity contribution in [2.24, 2.45) is 5.41 Å². The molecule has 0 radical (unpaired) electrons. The highest BCUT2D eigenvalue weighted by atomic mass is 35.5. The number of carboxylic acid groups (broad SMARTS) is 1. The molecule has 1 fully saturated rings. The predicted molar refractivity (Wildman–Crippen MR) is 131 cm³/mol. The van der Waals surface area contributed by atoms with Gasteiger partial charge >= 0.3 is 5.97 Å². The van der Waals surface area contributed by atoms with Crippen molar-refractivity contribution in [2.75, 3.05) is 31.1 Å². The first kappa shape index (κ1) is 21.5. The average Bonchev–Trinajstić information content (AvgIpc) is 3.11. The summed E-state index contributed by atoms with van der Waals surface area (Å²) in [4.78, 5) is 16.5. The molecule has 0 saturated carbocycles. The molecule has 1 saturated heterocycles. The van der Waals surface area contributed by atoms with Crippen LogP contribution < -0.4 is 4.90 Å². The van der Waals surface area contributed by atoms with Crippen molar-refractivity contribution in [3.63, 3.8) is 0 Å². The fourth-order valence-corrected chi connectivity index (χ4v) is 5.93. The summed E-state index contributed by atoms with van der Waals surface area (Å²) >= 11 is 6.14. The minimum absolute atomic E-state index is 0.337. The maximum atomic E-state index is 11.4. The van der Waals surface area contributed by atoms with Crippen LogP contribution >= 0.6 is 11.6 Å². The SMILES string of the molecule is CC1(C)CCC(c2ccc(Cl)cc2)=C(CN2CCN3c4ccc(C(=O)O)cc4CC3C2)C1. The minimum Gasteiger partial charge on any atom is -0.478 e. The van der Waals surface area contributed by atoms with Crippen LogP contribution in [0.3, 0.4) is 0 Å². The third-order valence-electron chi connectivity index (χ3n) is 7.44. The molecule has 1 unspecified atom stereocenters. The van der Waals surface area contributed by atoms with Crippen LogP contribution in [0.1, 0.15) is 54.6 Å². The molecular formula is C27H31ClN2O2. The van der Waals surface area contributed by atoms with Gasteiger partial charge in [0.25, 0.3) is 0 Å². The van der Waals surface area contributed by atoms with Gasteiger partial charge in [0, 0.05) is 42.9 Å². The van der Waals surface area contributed by atoms with Crippen LogP contribution in [0.25, 0.3) is 5.57 Å². The van der Waals surface area contributed by atoms with Crippen molar-refractivity contribution in [3.05, 3.63) is 69.8 Å². The Bertz CT molecular complexity index is 1070. The number of fused-ring (bicyclic) bond motifs is 3. The molecule has 2 aromatic rings. The highest BCUT2D eigenvalue weighted by Gasteiger charge is 2.36. The maximum absolute atomic E-state index is 11.4. The van der Waals surface area contributed by atoms with Crippen molar-refractivity contribution in [1.29, 1.82) is 0 Å². The van der Waals surface area contributed by atoms with E-state index in [1.807, 2.05) is 24.3 Å². The standard InChI is InChI=1S/C27H31ClN2O2/c1-27(2)10-9-24(18-3-6-22(28)7-4-18)21(15-27)16-29-11-12-30-23(17-29)14-20-13-19(26(31)32)5-8-25(20)30/h3-8,13,23H,9-12,14-17H2,1-2H3,(H,31,32). The number of carboxylic acids is 1. The maximum Gasteiger partial charge on any atom is 0.335 e. The molecule has 5 rings (SSSR count). The van der Waals surface area contributed by atoms with Crippen molar-refractivity contribution >= 4 is 28.8 Å². The summed E-state index contributed by atoms with van der Waals surface area (Å²) in [7, 11) is 0. The second kappa shape index (κ2) is 8.24. The third-order valence-corrected chi connectivity index (χ3v) is 7.69. The summed E-state index contributed by atoms with van der Waals surface area (Å²) in [6.45, 7) is 8.84. The van der Waals surface area contributed by atoms with Gasteiger partial charge in [-0.1, -0.05) is 43.2 Å². The van der Waals surface area contributed by atoms with Gasteiger partial charge in [0.15, 0.2) is 0 Å². The smallest absolute Gasteiger partial charge is 0.335 e. The lowest BCUT2D eigenvalue weighted by Crippen LogP contribution is -2.52. The molecule has 0 spiro atoms. The number of allylic oxidation sites excluding steroid dienone is 1. The summed E-state index contributed by atoms with van der Waals surface area (Å²) in [6, 6.07) is 14.4. The Hall–Kier alpha value is -2.30. The number of nitrogens with zero attached hydrogens (tertiary/aromatic N) is 2. The number of benzene rings is 2. The lowest BCUT2D eigenvalue weighted by molar-refractivity contribution is 0.0697. The summed E-state index contributed by atoms with van der Waals surface area (Å²) in [6.07, 6.45) is 4.41. The number of rotatable bonds is 4. The molecule has 1 atom stereocenters. The Kier molecular flexibility index (Phi) is 5.55. The number of aromatic carboxylic acids is 1. The van der Waals surface area contributed by atoms with Gasteiger partial charge in [0.1, 0.15) is 0 Å². The van der Waals surface area contributed by atoms with Crippen LogP contribution in [-0.4, -0.2) is 48.2 Å². The summed E-state index contributed by atoms with van der Waals surface area (Å²) in [5.41, 5.74) is 7.51. The van der Waals surface area contributed by atoms with Crippen molar-refractivity contribution < 1.29 is 9.90 Å². The highest BCUT2D eigenvalue weighted by molar-refractivity contribution is 6.30. The molecule has 32 heavy (non-hydrogen) atoms. The van der Waals surface area contributed by atoms with Crippen molar-refractivity contribution in [2.45, 2.75) is 45.6 Å². The number of carbonyl (C=O) groups is 1. The Morgan fingerprint density at radius 2 is 1.94 bits per heavy atom. The van der Waals surface area contributed by atoms with Gasteiger partial charge in [0.05, 0.1) is 5.56 Å². The first-order valence-corrected chi connectivity index (χ1v) is 12.0. The first-order valence-electron chi connectivity index (χ1n) is 11.6. The van der Waals surface area contributed by atoms with Crippen LogP contribution in [0.5, 0.6) is 0 Å². The number of anilines is 1. The van der Waals surface area contributed by atoms with Gasteiger partial charge in [-0.05, 0) is 78.1 Å². The molecule has 5 heteroatoms. The van der Waals surface area contributed by atoms with Gasteiger partial charge in [0.2, 0.25) is 0 Å². The highest BCUT2D eigenvalue weighted by Crippen LogP contribution is 2.43. The third kappa shape index (κ3) is 4.18. The van der Waals surface area contributed by atoms with E-state index in [-0.39, 0.29) is 0 Å².